The highest BCUT2D eigenvalue weighted by atomic mass is 35.5. The maximum absolute atomic E-state index is 11.5. The van der Waals surface area contributed by atoms with Gasteiger partial charge in [0.05, 0.1) is 0 Å². The van der Waals surface area contributed by atoms with E-state index < -0.39 is 12.0 Å². The number of guanidine groups is 1. The summed E-state index contributed by atoms with van der Waals surface area (Å²) in [5, 5.41) is 1.60. The molecule has 7 nitrogen and oxygen atoms in total. The quantitative estimate of drug-likeness (QED) is 0.472. The van der Waals surface area contributed by atoms with Gasteiger partial charge in [-0.15, -0.1) is 29.9 Å². The van der Waals surface area contributed by atoms with E-state index in [1.807, 2.05) is 0 Å². The van der Waals surface area contributed by atoms with E-state index in [0.29, 0.717) is 13.1 Å². The number of hydrogen-bond acceptors (Lipinski definition) is 5. The van der Waals surface area contributed by atoms with Crippen molar-refractivity contribution in [1.82, 2.24) is 5.06 Å². The van der Waals surface area contributed by atoms with Crippen LogP contribution in [-0.2, 0) is 9.63 Å². The number of rotatable bonds is 3. The Kier molecular flexibility index (Phi) is 10.0. The minimum atomic E-state index is -0.680. The normalized spacial score (nSPS) is 17.9. The predicted octanol–water partition coefficient (Wildman–Crippen LogP) is -0.627. The van der Waals surface area contributed by atoms with Crippen molar-refractivity contribution in [2.75, 3.05) is 13.1 Å². The Morgan fingerprint density at radius 2 is 1.83 bits per heavy atom. The van der Waals surface area contributed by atoms with Gasteiger partial charge in [0.15, 0.2) is 5.96 Å². The number of hydrogen-bond donors (Lipinski definition) is 3. The molecule has 9 heteroatoms. The summed E-state index contributed by atoms with van der Waals surface area (Å²) in [5.74, 6) is -0.575. The van der Waals surface area contributed by atoms with Crippen LogP contribution in [0.5, 0.6) is 0 Å². The number of nitrogens with two attached hydrogens (primary N) is 3. The first-order valence-electron chi connectivity index (χ1n) is 5.30. The van der Waals surface area contributed by atoms with Crippen LogP contribution in [0.25, 0.3) is 0 Å². The predicted molar refractivity (Wildman–Crippen MR) is 74.6 cm³/mol. The average molecular weight is 302 g/mol. The summed E-state index contributed by atoms with van der Waals surface area (Å²) in [6, 6.07) is -0.481. The van der Waals surface area contributed by atoms with Gasteiger partial charge in [0.2, 0.25) is 0 Å². The Labute approximate surface area is 119 Å². The molecule has 18 heavy (non-hydrogen) atoms. The highest BCUT2D eigenvalue weighted by Gasteiger charge is 2.22. The Morgan fingerprint density at radius 1 is 1.33 bits per heavy atom. The highest BCUT2D eigenvalue weighted by Crippen LogP contribution is 2.09. The van der Waals surface area contributed by atoms with Crippen molar-refractivity contribution >= 4 is 36.7 Å². The number of hydroxylamine groups is 2. The molecule has 0 amide bonds. The molecule has 1 rings (SSSR count). The average Bonchev–Trinajstić information content (AvgIpc) is 2.20. The summed E-state index contributed by atoms with van der Waals surface area (Å²) < 4.78 is 0. The van der Waals surface area contributed by atoms with Crippen molar-refractivity contribution in [2.45, 2.75) is 31.8 Å². The lowest BCUT2D eigenvalue weighted by molar-refractivity contribution is -0.196. The lowest BCUT2D eigenvalue weighted by Gasteiger charge is -2.28. The molecule has 1 atom stereocenters. The summed E-state index contributed by atoms with van der Waals surface area (Å²) in [5.41, 5.74) is 16.1. The summed E-state index contributed by atoms with van der Waals surface area (Å²) in [6.45, 7) is 2.89. The minimum Gasteiger partial charge on any atom is -0.370 e. The van der Waals surface area contributed by atoms with Crippen LogP contribution in [0.3, 0.4) is 0 Å². The zero-order chi connectivity index (χ0) is 12.1. The van der Waals surface area contributed by atoms with Gasteiger partial charge in [0, 0.05) is 19.1 Å². The molecular weight excluding hydrogens is 281 g/mol. The highest BCUT2D eigenvalue weighted by molar-refractivity contribution is 5.85. The second-order valence-corrected chi connectivity index (χ2v) is 3.91. The first-order chi connectivity index (χ1) is 7.49. The topological polar surface area (TPSA) is 120 Å². The van der Waals surface area contributed by atoms with Gasteiger partial charge < -0.3 is 22.0 Å². The van der Waals surface area contributed by atoms with Crippen LogP contribution in [0.2, 0.25) is 0 Å². The molecule has 0 aromatic heterocycles. The van der Waals surface area contributed by atoms with Gasteiger partial charge in [-0.2, -0.15) is 0 Å². The van der Waals surface area contributed by atoms with E-state index in [1.165, 1.54) is 0 Å². The van der Waals surface area contributed by atoms with Crippen LogP contribution in [0, 0.1) is 0 Å². The molecule has 1 fully saturated rings. The summed E-state index contributed by atoms with van der Waals surface area (Å²) >= 11 is 0. The first-order valence-corrected chi connectivity index (χ1v) is 5.30. The molecule has 6 N–H and O–H groups in total. The van der Waals surface area contributed by atoms with Crippen molar-refractivity contribution in [2.24, 2.45) is 22.2 Å². The van der Waals surface area contributed by atoms with Crippen LogP contribution >= 0.6 is 24.8 Å². The molecule has 1 saturated heterocycles. The van der Waals surface area contributed by atoms with Gasteiger partial charge >= 0.3 is 5.97 Å². The van der Waals surface area contributed by atoms with Crippen molar-refractivity contribution < 1.29 is 9.63 Å². The number of halogens is 2. The number of aliphatic imine (C=N–C) groups is 1. The standard InChI is InChI=1S/C9H19N5O2.2ClH/c1-6(13-9(11)12)8(15)16-14-4-2-7(10)3-5-14;;/h6-7H,2-5,10H2,1H3,(H4,11,12,13);2*1H. The maximum Gasteiger partial charge on any atom is 0.349 e. The fourth-order valence-corrected chi connectivity index (χ4v) is 1.45. The molecule has 0 aliphatic carbocycles. The van der Waals surface area contributed by atoms with E-state index in [9.17, 15) is 4.79 Å². The molecule has 1 aliphatic rings. The summed E-state index contributed by atoms with van der Waals surface area (Å²) in [4.78, 5) is 20.3. The second-order valence-electron chi connectivity index (χ2n) is 3.91. The molecule has 108 valence electrons. The number of nitrogens with zero attached hydrogens (tertiary/aromatic N) is 2. The first kappa shape index (κ1) is 19.6. The Bertz CT molecular complexity index is 278. The lowest BCUT2D eigenvalue weighted by Crippen LogP contribution is -2.42. The molecular formula is C9H21Cl2N5O2. The van der Waals surface area contributed by atoms with E-state index in [4.69, 9.17) is 22.0 Å². The largest absolute Gasteiger partial charge is 0.370 e. The van der Waals surface area contributed by atoms with Crippen LogP contribution in [0.1, 0.15) is 19.8 Å². The smallest absolute Gasteiger partial charge is 0.349 e. The lowest BCUT2D eigenvalue weighted by atomic mass is 10.1. The third-order valence-corrected chi connectivity index (χ3v) is 2.40. The molecule has 1 unspecified atom stereocenters. The van der Waals surface area contributed by atoms with E-state index in [-0.39, 0.29) is 36.8 Å². The zero-order valence-electron chi connectivity index (χ0n) is 10.2. The maximum atomic E-state index is 11.5. The Hall–Kier alpha value is -0.760. The van der Waals surface area contributed by atoms with Crippen LogP contribution in [-0.4, -0.2) is 42.2 Å². The molecule has 0 bridgehead atoms. The van der Waals surface area contributed by atoms with Crippen molar-refractivity contribution in [3.05, 3.63) is 0 Å². The van der Waals surface area contributed by atoms with Crippen molar-refractivity contribution in [1.29, 1.82) is 0 Å². The van der Waals surface area contributed by atoms with E-state index >= 15 is 0 Å². The molecule has 0 aromatic carbocycles. The SMILES string of the molecule is CC(N=C(N)N)C(=O)ON1CCC(N)CC1.Cl.Cl. The number of carbonyl (C=O) groups is 1. The number of carbonyl (C=O) groups excluding carboxylic acids is 1. The summed E-state index contributed by atoms with van der Waals surface area (Å²) in [7, 11) is 0. The van der Waals surface area contributed by atoms with Gasteiger partial charge in [-0.25, -0.2) is 9.79 Å². The van der Waals surface area contributed by atoms with Crippen molar-refractivity contribution in [3.8, 4) is 0 Å². The van der Waals surface area contributed by atoms with Gasteiger partial charge in [-0.1, -0.05) is 0 Å². The monoisotopic (exact) mass is 301 g/mol. The Morgan fingerprint density at radius 3 is 2.28 bits per heavy atom. The third-order valence-electron chi connectivity index (χ3n) is 2.40. The van der Waals surface area contributed by atoms with Gasteiger partial charge in [-0.05, 0) is 19.8 Å². The van der Waals surface area contributed by atoms with Crippen LogP contribution in [0.15, 0.2) is 4.99 Å². The van der Waals surface area contributed by atoms with Gasteiger partial charge in [-0.3, -0.25) is 0 Å². The molecule has 0 spiro atoms. The van der Waals surface area contributed by atoms with E-state index in [0.717, 1.165) is 12.8 Å². The zero-order valence-corrected chi connectivity index (χ0v) is 11.9. The van der Waals surface area contributed by atoms with Crippen LogP contribution < -0.4 is 17.2 Å². The van der Waals surface area contributed by atoms with E-state index in [1.54, 1.807) is 12.0 Å². The minimum absolute atomic E-state index is 0. The van der Waals surface area contributed by atoms with Crippen molar-refractivity contribution in [3.63, 3.8) is 0 Å². The third kappa shape index (κ3) is 6.85. The van der Waals surface area contributed by atoms with Crippen LogP contribution in [0.4, 0.5) is 0 Å². The number of piperidine rings is 1. The molecule has 1 aliphatic heterocycles. The molecule has 1 heterocycles. The summed E-state index contributed by atoms with van der Waals surface area (Å²) in [6.07, 6.45) is 1.65. The fraction of sp³-hybridized carbons (Fsp3) is 0.778. The molecule has 0 radical (unpaired) electrons. The Balaban J connectivity index is 0. The van der Waals surface area contributed by atoms with Gasteiger partial charge in [0.1, 0.15) is 6.04 Å². The second kappa shape index (κ2) is 9.21. The van der Waals surface area contributed by atoms with E-state index in [2.05, 4.69) is 4.99 Å². The molecule has 0 aromatic rings. The molecule has 0 saturated carbocycles. The fourth-order valence-electron chi connectivity index (χ4n) is 1.45. The van der Waals surface area contributed by atoms with Gasteiger partial charge in [0.25, 0.3) is 0 Å².